The molecule has 1 N–H and O–H groups in total. The Morgan fingerprint density at radius 2 is 1.75 bits per heavy atom. The molecule has 0 bridgehead atoms. The van der Waals surface area contributed by atoms with E-state index in [9.17, 15) is 0 Å². The molecule has 0 spiro atoms. The summed E-state index contributed by atoms with van der Waals surface area (Å²) in [4.78, 5) is 0. The minimum absolute atomic E-state index is 0.135. The Balaban J connectivity index is 2.47. The van der Waals surface area contributed by atoms with E-state index in [1.165, 1.54) is 16.7 Å². The molecule has 1 atom stereocenters. The molecular weight excluding hydrogens is 289 g/mol. The third-order valence-corrected chi connectivity index (χ3v) is 4.16. The molecule has 0 amide bonds. The van der Waals surface area contributed by atoms with Crippen LogP contribution in [0.15, 0.2) is 36.4 Å². The van der Waals surface area contributed by atoms with Crippen molar-refractivity contribution in [2.24, 2.45) is 0 Å². The van der Waals surface area contributed by atoms with Gasteiger partial charge in [0.2, 0.25) is 0 Å². The molecule has 106 valence electrons. The van der Waals surface area contributed by atoms with Crippen molar-refractivity contribution in [2.45, 2.75) is 26.8 Å². The van der Waals surface area contributed by atoms with Gasteiger partial charge in [-0.1, -0.05) is 60.0 Å². The van der Waals surface area contributed by atoms with Gasteiger partial charge in [-0.05, 0) is 49.2 Å². The quantitative estimate of drug-likeness (QED) is 0.807. The van der Waals surface area contributed by atoms with Crippen LogP contribution in [0.2, 0.25) is 10.0 Å². The van der Waals surface area contributed by atoms with Crippen molar-refractivity contribution < 1.29 is 0 Å². The molecule has 0 aliphatic heterocycles. The number of rotatable bonds is 4. The molecule has 1 nitrogen and oxygen atoms in total. The first-order chi connectivity index (χ1) is 9.52. The van der Waals surface area contributed by atoms with E-state index in [0.29, 0.717) is 10.0 Å². The predicted molar refractivity (Wildman–Crippen MR) is 87.9 cm³/mol. The lowest BCUT2D eigenvalue weighted by Gasteiger charge is -2.21. The lowest BCUT2D eigenvalue weighted by atomic mass is 9.94. The largest absolute Gasteiger partial charge is 0.307 e. The maximum Gasteiger partial charge on any atom is 0.0595 e. The Hall–Kier alpha value is -1.02. The normalized spacial score (nSPS) is 12.4. The molecule has 3 heteroatoms. The van der Waals surface area contributed by atoms with E-state index in [1.807, 2.05) is 18.2 Å². The summed E-state index contributed by atoms with van der Waals surface area (Å²) >= 11 is 12.2. The summed E-state index contributed by atoms with van der Waals surface area (Å²) < 4.78 is 0. The lowest BCUT2D eigenvalue weighted by Crippen LogP contribution is -2.22. The first kappa shape index (κ1) is 15.4. The molecule has 1 unspecified atom stereocenters. The second kappa shape index (κ2) is 6.62. The Kier molecular flexibility index (Phi) is 5.09. The molecule has 0 aliphatic carbocycles. The fourth-order valence-corrected chi connectivity index (χ4v) is 2.76. The van der Waals surface area contributed by atoms with Gasteiger partial charge < -0.3 is 5.32 Å². The maximum atomic E-state index is 6.15. The second-order valence-electron chi connectivity index (χ2n) is 5.02. The monoisotopic (exact) mass is 307 g/mol. The van der Waals surface area contributed by atoms with Crippen LogP contribution in [0.4, 0.5) is 0 Å². The predicted octanol–water partition coefficient (Wildman–Crippen LogP) is 5.31. The van der Waals surface area contributed by atoms with E-state index < -0.39 is 0 Å². The first-order valence-electron chi connectivity index (χ1n) is 6.78. The summed E-state index contributed by atoms with van der Waals surface area (Å²) in [5, 5.41) is 4.70. The Labute approximate surface area is 130 Å². The number of aryl methyl sites for hydroxylation is 2. The lowest BCUT2D eigenvalue weighted by molar-refractivity contribution is 0.627. The molecule has 0 radical (unpaired) electrons. The summed E-state index contributed by atoms with van der Waals surface area (Å²) in [6.45, 7) is 7.24. The average molecular weight is 308 g/mol. The number of halogens is 2. The van der Waals surface area contributed by atoms with Crippen molar-refractivity contribution >= 4 is 23.2 Å². The molecule has 2 aromatic carbocycles. The van der Waals surface area contributed by atoms with Gasteiger partial charge in [0.15, 0.2) is 0 Å². The second-order valence-corrected chi connectivity index (χ2v) is 5.84. The van der Waals surface area contributed by atoms with Crippen LogP contribution < -0.4 is 5.32 Å². The summed E-state index contributed by atoms with van der Waals surface area (Å²) in [6, 6.07) is 12.5. The Morgan fingerprint density at radius 1 is 1.00 bits per heavy atom. The van der Waals surface area contributed by atoms with Crippen LogP contribution in [0.25, 0.3) is 0 Å². The topological polar surface area (TPSA) is 12.0 Å². The number of nitrogens with one attached hydrogen (secondary N) is 1. The van der Waals surface area contributed by atoms with Gasteiger partial charge in [0, 0.05) is 0 Å². The van der Waals surface area contributed by atoms with Crippen molar-refractivity contribution in [3.05, 3.63) is 68.7 Å². The summed E-state index contributed by atoms with van der Waals surface area (Å²) in [5.41, 5.74) is 4.96. The van der Waals surface area contributed by atoms with Gasteiger partial charge in [0.25, 0.3) is 0 Å². The van der Waals surface area contributed by atoms with Crippen LogP contribution in [-0.2, 0) is 0 Å². The molecule has 0 aliphatic rings. The summed E-state index contributed by atoms with van der Waals surface area (Å²) in [6.07, 6.45) is 0. The molecule has 2 aromatic rings. The van der Waals surface area contributed by atoms with Gasteiger partial charge in [-0.25, -0.2) is 0 Å². The zero-order chi connectivity index (χ0) is 14.7. The van der Waals surface area contributed by atoms with Crippen molar-refractivity contribution in [1.82, 2.24) is 5.32 Å². The molecule has 20 heavy (non-hydrogen) atoms. The van der Waals surface area contributed by atoms with E-state index >= 15 is 0 Å². The van der Waals surface area contributed by atoms with Crippen molar-refractivity contribution in [3.8, 4) is 0 Å². The Bertz CT molecular complexity index is 608. The Morgan fingerprint density at radius 3 is 2.35 bits per heavy atom. The SMILES string of the molecule is CCNC(c1ccc(Cl)c(Cl)c1)c1ccc(C)cc1C. The molecule has 0 fully saturated rings. The number of benzene rings is 2. The molecule has 0 saturated carbocycles. The number of hydrogen-bond acceptors (Lipinski definition) is 1. The third kappa shape index (κ3) is 3.35. The smallest absolute Gasteiger partial charge is 0.0595 e. The molecule has 0 heterocycles. The third-order valence-electron chi connectivity index (χ3n) is 3.42. The fourth-order valence-electron chi connectivity index (χ4n) is 2.45. The zero-order valence-corrected chi connectivity index (χ0v) is 13.5. The van der Waals surface area contributed by atoms with E-state index in [-0.39, 0.29) is 6.04 Å². The van der Waals surface area contributed by atoms with Gasteiger partial charge in [0.1, 0.15) is 0 Å². The van der Waals surface area contributed by atoms with Crippen LogP contribution >= 0.6 is 23.2 Å². The van der Waals surface area contributed by atoms with Crippen LogP contribution in [0.1, 0.15) is 35.2 Å². The molecule has 2 rings (SSSR count). The molecule has 0 aromatic heterocycles. The van der Waals surface area contributed by atoms with Gasteiger partial charge >= 0.3 is 0 Å². The van der Waals surface area contributed by atoms with Gasteiger partial charge in [-0.3, -0.25) is 0 Å². The van der Waals surface area contributed by atoms with Gasteiger partial charge in [-0.15, -0.1) is 0 Å². The van der Waals surface area contributed by atoms with Crippen LogP contribution in [0.5, 0.6) is 0 Å². The van der Waals surface area contributed by atoms with E-state index in [1.54, 1.807) is 0 Å². The van der Waals surface area contributed by atoms with Gasteiger partial charge in [0.05, 0.1) is 16.1 Å². The summed E-state index contributed by atoms with van der Waals surface area (Å²) in [5.74, 6) is 0. The van der Waals surface area contributed by atoms with E-state index in [2.05, 4.69) is 44.3 Å². The molecule has 0 saturated heterocycles. The average Bonchev–Trinajstić information content (AvgIpc) is 2.40. The molecular formula is C17H19Cl2N. The van der Waals surface area contributed by atoms with Crippen molar-refractivity contribution in [3.63, 3.8) is 0 Å². The van der Waals surface area contributed by atoms with Gasteiger partial charge in [-0.2, -0.15) is 0 Å². The van der Waals surface area contributed by atoms with Crippen molar-refractivity contribution in [1.29, 1.82) is 0 Å². The highest BCUT2D eigenvalue weighted by Crippen LogP contribution is 2.30. The van der Waals surface area contributed by atoms with E-state index in [4.69, 9.17) is 23.2 Å². The highest BCUT2D eigenvalue weighted by atomic mass is 35.5. The van der Waals surface area contributed by atoms with Crippen LogP contribution in [0, 0.1) is 13.8 Å². The standard InChI is InChI=1S/C17H19Cl2N/c1-4-20-17(13-6-8-15(18)16(19)10-13)14-7-5-11(2)9-12(14)3/h5-10,17,20H,4H2,1-3H3. The highest BCUT2D eigenvalue weighted by molar-refractivity contribution is 6.42. The minimum Gasteiger partial charge on any atom is -0.307 e. The van der Waals surface area contributed by atoms with E-state index in [0.717, 1.165) is 12.1 Å². The zero-order valence-electron chi connectivity index (χ0n) is 12.0. The maximum absolute atomic E-state index is 6.15. The van der Waals surface area contributed by atoms with Crippen molar-refractivity contribution in [2.75, 3.05) is 6.54 Å². The highest BCUT2D eigenvalue weighted by Gasteiger charge is 2.16. The number of hydrogen-bond donors (Lipinski definition) is 1. The first-order valence-corrected chi connectivity index (χ1v) is 7.54. The summed E-state index contributed by atoms with van der Waals surface area (Å²) in [7, 11) is 0. The van der Waals surface area contributed by atoms with Crippen LogP contribution in [-0.4, -0.2) is 6.54 Å². The minimum atomic E-state index is 0.135. The fraction of sp³-hybridized carbons (Fsp3) is 0.294. The van der Waals surface area contributed by atoms with Crippen LogP contribution in [0.3, 0.4) is 0 Å².